The van der Waals surface area contributed by atoms with Gasteiger partial charge in [-0.05, 0) is 0 Å². The number of para-hydroxylation sites is 1. The first-order chi connectivity index (χ1) is 5.13. The van der Waals surface area contributed by atoms with Gasteiger partial charge in [0.2, 0.25) is 0 Å². The van der Waals surface area contributed by atoms with Crippen LogP contribution in [0, 0.1) is 6.92 Å². The average Bonchev–Trinajstić information content (AvgIpc) is 1.85. The predicted octanol–water partition coefficient (Wildman–Crippen LogP) is 0.855. The van der Waals surface area contributed by atoms with Crippen molar-refractivity contribution in [3.05, 3.63) is 23.8 Å². The zero-order valence-electron chi connectivity index (χ0n) is 7.68. The molecular weight excluding hydrogens is 129 g/mol. The molecule has 0 heterocycles. The molecule has 0 aliphatic heterocycles. The summed E-state index contributed by atoms with van der Waals surface area (Å²) in [5, 5.41) is 0. The second kappa shape index (κ2) is 3.34. The van der Waals surface area contributed by atoms with Gasteiger partial charge >= 0.3 is 77.3 Å². The van der Waals surface area contributed by atoms with Gasteiger partial charge in [-0.2, -0.15) is 0 Å². The van der Waals surface area contributed by atoms with Gasteiger partial charge in [-0.3, -0.25) is 0 Å². The Morgan fingerprint density at radius 3 is 2.27 bits per heavy atom. The van der Waals surface area contributed by atoms with E-state index in [1.165, 1.54) is 15.5 Å². The first-order valence-electron chi connectivity index (χ1n) is 3.86. The second-order valence-electron chi connectivity index (χ2n) is 3.13. The van der Waals surface area contributed by atoms with Crippen molar-refractivity contribution in [3.8, 4) is 0 Å². The molecule has 0 saturated carbocycles. The van der Waals surface area contributed by atoms with Crippen molar-refractivity contribution in [1.29, 1.82) is 0 Å². The van der Waals surface area contributed by atoms with Crippen LogP contribution < -0.4 is 9.14 Å². The maximum absolute atomic E-state index is 2.16. The number of aryl methyl sites for hydroxylation is 1. The van der Waals surface area contributed by atoms with E-state index in [4.69, 9.17) is 0 Å². The summed E-state index contributed by atoms with van der Waals surface area (Å²) < 4.78 is 1.34. The third-order valence-corrected chi connectivity index (χ3v) is 1.89. The van der Waals surface area contributed by atoms with Crippen molar-refractivity contribution in [1.82, 2.24) is 0 Å². The fraction of sp³-hybridized carbons (Fsp3) is 0.333. The molecule has 0 spiro atoms. The predicted molar refractivity (Wildman–Crippen MR) is 50.9 cm³/mol. The number of benzene rings is 1. The van der Waals surface area contributed by atoms with Crippen LogP contribution in [0.1, 0.15) is 5.56 Å². The Kier molecular flexibility index (Phi) is 2.65. The van der Waals surface area contributed by atoms with E-state index in [9.17, 15) is 0 Å². The van der Waals surface area contributed by atoms with E-state index >= 15 is 0 Å². The summed E-state index contributed by atoms with van der Waals surface area (Å²) in [6, 6.07) is 6.38. The van der Waals surface area contributed by atoms with Crippen molar-refractivity contribution in [2.45, 2.75) is 6.92 Å². The van der Waals surface area contributed by atoms with E-state index in [2.05, 4.69) is 61.8 Å². The summed E-state index contributed by atoms with van der Waals surface area (Å²) in [7, 11) is 4.16. The normalized spacial score (nSPS) is 9.91. The molecule has 0 aromatic heterocycles. The zero-order chi connectivity index (χ0) is 8.43. The molecule has 0 bridgehead atoms. The van der Waals surface area contributed by atoms with Crippen molar-refractivity contribution in [2.75, 3.05) is 19.0 Å². The molecule has 11 heavy (non-hydrogen) atoms. The third-order valence-electron chi connectivity index (χ3n) is 1.89. The van der Waals surface area contributed by atoms with Crippen LogP contribution in [-0.4, -0.2) is 31.8 Å². The molecule has 0 radical (unpaired) electrons. The van der Waals surface area contributed by atoms with Crippen LogP contribution in [-0.2, 0) is 0 Å². The van der Waals surface area contributed by atoms with Crippen molar-refractivity contribution >= 4 is 27.6 Å². The molecule has 1 aromatic rings. The van der Waals surface area contributed by atoms with Gasteiger partial charge in [0.15, 0.2) is 0 Å². The van der Waals surface area contributed by atoms with E-state index in [1.807, 2.05) is 0 Å². The second-order valence-corrected chi connectivity index (χ2v) is 3.13. The molecule has 1 rings (SSSR count). The van der Waals surface area contributed by atoms with Crippen LogP contribution in [0.15, 0.2) is 18.2 Å². The maximum atomic E-state index is 2.16. The SMILES string of the molecule is [Li][c]1cccc(C)c1N(C)C. The van der Waals surface area contributed by atoms with Gasteiger partial charge < -0.3 is 0 Å². The van der Waals surface area contributed by atoms with E-state index in [0.29, 0.717) is 0 Å². The molecule has 2 heteroatoms. The average molecular weight is 141 g/mol. The molecule has 0 N–H and O–H groups in total. The number of hydrogen-bond acceptors (Lipinski definition) is 1. The van der Waals surface area contributed by atoms with Crippen LogP contribution in [0.25, 0.3) is 0 Å². The summed E-state index contributed by atoms with van der Waals surface area (Å²) in [6.45, 7) is 2.14. The molecule has 0 aliphatic rings. The molecule has 0 atom stereocenters. The third kappa shape index (κ3) is 1.80. The van der Waals surface area contributed by atoms with Gasteiger partial charge in [0.1, 0.15) is 0 Å². The van der Waals surface area contributed by atoms with Gasteiger partial charge in [-0.15, -0.1) is 0 Å². The minimum absolute atomic E-state index is 1.34. The van der Waals surface area contributed by atoms with Crippen LogP contribution in [0.2, 0.25) is 0 Å². The fourth-order valence-electron chi connectivity index (χ4n) is 1.51. The van der Waals surface area contributed by atoms with E-state index in [1.54, 1.807) is 0 Å². The van der Waals surface area contributed by atoms with Crippen LogP contribution in [0.5, 0.6) is 0 Å². The molecule has 0 aliphatic carbocycles. The quantitative estimate of drug-likeness (QED) is 0.524. The van der Waals surface area contributed by atoms with E-state index in [0.717, 1.165) is 0 Å². The molecule has 54 valence electrons. The number of anilines is 1. The topological polar surface area (TPSA) is 3.24 Å². The van der Waals surface area contributed by atoms with Crippen molar-refractivity contribution in [2.24, 2.45) is 0 Å². The molecule has 1 nitrogen and oxygen atoms in total. The molecular formula is C9H12LiN. The zero-order valence-corrected chi connectivity index (χ0v) is 7.68. The molecule has 0 unspecified atom stereocenters. The molecule has 0 amide bonds. The van der Waals surface area contributed by atoms with Gasteiger partial charge in [0.05, 0.1) is 0 Å². The summed E-state index contributed by atoms with van der Waals surface area (Å²) in [5.74, 6) is 0. The van der Waals surface area contributed by atoms with Gasteiger partial charge in [0, 0.05) is 0 Å². The number of hydrogen-bond donors (Lipinski definition) is 0. The first-order valence-corrected chi connectivity index (χ1v) is 3.86. The Hall–Kier alpha value is -0.383. The molecule has 0 saturated heterocycles. The van der Waals surface area contributed by atoms with Gasteiger partial charge in [-0.25, -0.2) is 0 Å². The van der Waals surface area contributed by atoms with Gasteiger partial charge in [0.25, 0.3) is 0 Å². The van der Waals surface area contributed by atoms with Gasteiger partial charge in [-0.1, -0.05) is 0 Å². The summed E-state index contributed by atoms with van der Waals surface area (Å²) in [6.07, 6.45) is 0. The molecule has 0 fully saturated rings. The molecule has 1 aromatic carbocycles. The Labute approximate surface area is 77.6 Å². The summed E-state index contributed by atoms with van der Waals surface area (Å²) >= 11 is 2.14. The van der Waals surface area contributed by atoms with Crippen LogP contribution in [0.4, 0.5) is 5.69 Å². The monoisotopic (exact) mass is 141 g/mol. The van der Waals surface area contributed by atoms with Crippen LogP contribution >= 0.6 is 0 Å². The fourth-order valence-corrected chi connectivity index (χ4v) is 1.51. The standard InChI is InChI=1S/C9H12N.Li/c1-8-6-4-5-7-9(8)10(2)3;/h4-6H,1-3H3;. The Bertz CT molecular complexity index is 235. The summed E-state index contributed by atoms with van der Waals surface area (Å²) in [5.41, 5.74) is 2.68. The van der Waals surface area contributed by atoms with Crippen molar-refractivity contribution < 1.29 is 0 Å². The van der Waals surface area contributed by atoms with E-state index in [-0.39, 0.29) is 0 Å². The minimum atomic E-state index is 1.34. The van der Waals surface area contributed by atoms with Crippen molar-refractivity contribution in [3.63, 3.8) is 0 Å². The number of nitrogens with zero attached hydrogens (tertiary/aromatic N) is 1. The Balaban J connectivity index is 3.21. The number of rotatable bonds is 1. The Morgan fingerprint density at radius 1 is 1.27 bits per heavy atom. The Morgan fingerprint density at radius 2 is 1.91 bits per heavy atom. The van der Waals surface area contributed by atoms with Crippen LogP contribution in [0.3, 0.4) is 0 Å². The first kappa shape index (κ1) is 8.71. The summed E-state index contributed by atoms with van der Waals surface area (Å²) in [4.78, 5) is 2.16. The van der Waals surface area contributed by atoms with E-state index < -0.39 is 0 Å².